The molecule has 0 fully saturated rings. The Hall–Kier alpha value is -1.45. The molecule has 3 nitrogen and oxygen atoms in total. The van der Waals surface area contributed by atoms with Crippen molar-refractivity contribution in [2.75, 3.05) is 0 Å². The molecule has 0 amide bonds. The van der Waals surface area contributed by atoms with Crippen LogP contribution in [0.4, 0.5) is 0 Å². The zero-order valence-electron chi connectivity index (χ0n) is 12.9. The Labute approximate surface area is 121 Å². The molecule has 1 aromatic heterocycles. The van der Waals surface area contributed by atoms with Crippen molar-refractivity contribution in [1.29, 1.82) is 0 Å². The number of pyridine rings is 1. The summed E-state index contributed by atoms with van der Waals surface area (Å²) in [6.45, 7) is 9.12. The van der Waals surface area contributed by atoms with Crippen molar-refractivity contribution >= 4 is 10.8 Å². The maximum atomic E-state index is 5.82. The van der Waals surface area contributed by atoms with Crippen LogP contribution < -0.4 is 11.3 Å². The van der Waals surface area contributed by atoms with Gasteiger partial charge in [0.1, 0.15) is 0 Å². The molecule has 0 saturated carbocycles. The van der Waals surface area contributed by atoms with Gasteiger partial charge in [0.15, 0.2) is 0 Å². The molecular weight excluding hydrogens is 246 g/mol. The number of nitrogens with zero attached hydrogens (tertiary/aromatic N) is 1. The molecule has 3 heteroatoms. The van der Waals surface area contributed by atoms with E-state index in [0.717, 1.165) is 11.8 Å². The van der Waals surface area contributed by atoms with Crippen LogP contribution in [0.2, 0.25) is 0 Å². The van der Waals surface area contributed by atoms with Crippen molar-refractivity contribution in [2.45, 2.75) is 40.2 Å². The summed E-state index contributed by atoms with van der Waals surface area (Å²) in [5.41, 5.74) is 4.53. The van der Waals surface area contributed by atoms with E-state index < -0.39 is 0 Å². The maximum Gasteiger partial charge on any atom is 0.0468 e. The molecule has 2 aromatic rings. The molecule has 0 radical (unpaired) electrons. The van der Waals surface area contributed by atoms with E-state index >= 15 is 0 Å². The van der Waals surface area contributed by atoms with Crippen molar-refractivity contribution in [3.8, 4) is 0 Å². The first-order valence-electron chi connectivity index (χ1n) is 7.22. The van der Waals surface area contributed by atoms with Crippen LogP contribution >= 0.6 is 0 Å². The van der Waals surface area contributed by atoms with Gasteiger partial charge < -0.3 is 0 Å². The van der Waals surface area contributed by atoms with Crippen molar-refractivity contribution in [1.82, 2.24) is 10.4 Å². The summed E-state index contributed by atoms with van der Waals surface area (Å²) in [4.78, 5) is 4.19. The number of rotatable bonds is 4. The molecule has 0 aliphatic carbocycles. The maximum absolute atomic E-state index is 5.82. The molecule has 2 rings (SSSR count). The van der Waals surface area contributed by atoms with Crippen molar-refractivity contribution in [3.63, 3.8) is 0 Å². The first-order valence-corrected chi connectivity index (χ1v) is 7.22. The monoisotopic (exact) mass is 271 g/mol. The summed E-state index contributed by atoms with van der Waals surface area (Å²) < 4.78 is 0. The van der Waals surface area contributed by atoms with E-state index in [4.69, 9.17) is 5.84 Å². The fourth-order valence-corrected chi connectivity index (χ4v) is 2.44. The highest BCUT2D eigenvalue weighted by Crippen LogP contribution is 2.34. The highest BCUT2D eigenvalue weighted by molar-refractivity contribution is 5.85. The summed E-state index contributed by atoms with van der Waals surface area (Å²) in [6, 6.07) is 8.55. The van der Waals surface area contributed by atoms with Gasteiger partial charge in [0, 0.05) is 23.8 Å². The molecule has 20 heavy (non-hydrogen) atoms. The minimum Gasteiger partial charge on any atom is -0.271 e. The Bertz CT molecular complexity index is 566. The van der Waals surface area contributed by atoms with Gasteiger partial charge in [0.2, 0.25) is 0 Å². The number of hydrogen-bond donors (Lipinski definition) is 2. The fraction of sp³-hybridized carbons (Fsp3) is 0.471. The normalized spacial score (nSPS) is 15.2. The third kappa shape index (κ3) is 3.17. The summed E-state index contributed by atoms with van der Waals surface area (Å²) in [5, 5.41) is 2.39. The van der Waals surface area contributed by atoms with Crippen LogP contribution in [0.15, 0.2) is 36.7 Å². The van der Waals surface area contributed by atoms with Gasteiger partial charge in [-0.1, -0.05) is 45.9 Å². The number of hydrogen-bond acceptors (Lipinski definition) is 3. The van der Waals surface area contributed by atoms with Gasteiger partial charge in [-0.2, -0.15) is 0 Å². The van der Waals surface area contributed by atoms with Gasteiger partial charge in [0.25, 0.3) is 0 Å². The lowest BCUT2D eigenvalue weighted by atomic mass is 9.77. The molecule has 1 heterocycles. The number of nitrogens with one attached hydrogen (secondary N) is 1. The highest BCUT2D eigenvalue weighted by Gasteiger charge is 2.24. The summed E-state index contributed by atoms with van der Waals surface area (Å²) in [7, 11) is 0. The largest absolute Gasteiger partial charge is 0.271 e. The molecule has 3 N–H and O–H groups in total. The van der Waals surface area contributed by atoms with Crippen molar-refractivity contribution in [2.24, 2.45) is 17.2 Å². The molecule has 0 spiro atoms. The lowest BCUT2D eigenvalue weighted by Crippen LogP contribution is -2.32. The zero-order chi connectivity index (χ0) is 14.8. The third-order valence-electron chi connectivity index (χ3n) is 4.36. The van der Waals surface area contributed by atoms with Crippen LogP contribution in [0.25, 0.3) is 10.8 Å². The zero-order valence-corrected chi connectivity index (χ0v) is 12.9. The van der Waals surface area contributed by atoms with Crippen LogP contribution in [-0.4, -0.2) is 4.98 Å². The van der Waals surface area contributed by atoms with E-state index in [0.29, 0.717) is 5.92 Å². The van der Waals surface area contributed by atoms with Gasteiger partial charge in [-0.25, -0.2) is 0 Å². The summed E-state index contributed by atoms with van der Waals surface area (Å²) in [5.74, 6) is 6.39. The first-order chi connectivity index (χ1) is 9.43. The molecule has 0 aliphatic rings. The van der Waals surface area contributed by atoms with Gasteiger partial charge in [-0.15, -0.1) is 0 Å². The van der Waals surface area contributed by atoms with E-state index in [1.807, 2.05) is 12.4 Å². The van der Waals surface area contributed by atoms with E-state index in [9.17, 15) is 0 Å². The predicted octanol–water partition coefficient (Wildman–Crippen LogP) is 3.81. The highest BCUT2D eigenvalue weighted by atomic mass is 15.2. The quantitative estimate of drug-likeness (QED) is 0.656. The average Bonchev–Trinajstić information content (AvgIpc) is 2.43. The van der Waals surface area contributed by atoms with Crippen LogP contribution in [-0.2, 0) is 0 Å². The lowest BCUT2D eigenvalue weighted by molar-refractivity contribution is 0.224. The Balaban J connectivity index is 2.35. The lowest BCUT2D eigenvalue weighted by Gasteiger charge is -2.31. The molecule has 1 aromatic carbocycles. The van der Waals surface area contributed by atoms with Crippen LogP contribution in [0.3, 0.4) is 0 Å². The van der Waals surface area contributed by atoms with Crippen molar-refractivity contribution in [3.05, 3.63) is 42.2 Å². The first kappa shape index (κ1) is 14.9. The molecular formula is C17H25N3. The number of benzene rings is 1. The Kier molecular flexibility index (Phi) is 4.41. The summed E-state index contributed by atoms with van der Waals surface area (Å²) >= 11 is 0. The minimum atomic E-state index is 0.162. The Morgan fingerprint density at radius 2 is 2.00 bits per heavy atom. The smallest absolute Gasteiger partial charge is 0.0468 e. The molecule has 2 unspecified atom stereocenters. The van der Waals surface area contributed by atoms with Crippen LogP contribution in [0, 0.1) is 11.3 Å². The second-order valence-electron chi connectivity index (χ2n) is 6.67. The van der Waals surface area contributed by atoms with E-state index in [1.165, 1.54) is 10.9 Å². The number of fused-ring (bicyclic) bond motifs is 1. The Morgan fingerprint density at radius 3 is 2.65 bits per heavy atom. The fourth-order valence-electron chi connectivity index (χ4n) is 2.44. The number of aromatic nitrogens is 1. The minimum absolute atomic E-state index is 0.162. The Morgan fingerprint density at radius 1 is 1.25 bits per heavy atom. The SMILES string of the molecule is CC(CC(NN)c1cccc2cnccc12)C(C)(C)C. The molecule has 0 aliphatic heterocycles. The van der Waals surface area contributed by atoms with Gasteiger partial charge in [-0.05, 0) is 34.8 Å². The van der Waals surface area contributed by atoms with Crippen molar-refractivity contribution < 1.29 is 0 Å². The van der Waals surface area contributed by atoms with Crippen LogP contribution in [0.1, 0.15) is 45.7 Å². The van der Waals surface area contributed by atoms with Gasteiger partial charge in [0.05, 0.1) is 0 Å². The van der Waals surface area contributed by atoms with E-state index in [2.05, 4.69) is 62.4 Å². The number of nitrogens with two attached hydrogens (primary N) is 1. The van der Waals surface area contributed by atoms with E-state index in [1.54, 1.807) is 0 Å². The molecule has 0 saturated heterocycles. The average molecular weight is 271 g/mol. The second-order valence-corrected chi connectivity index (χ2v) is 6.67. The third-order valence-corrected chi connectivity index (χ3v) is 4.36. The van der Waals surface area contributed by atoms with Crippen LogP contribution in [0.5, 0.6) is 0 Å². The predicted molar refractivity (Wildman–Crippen MR) is 85.0 cm³/mol. The summed E-state index contributed by atoms with van der Waals surface area (Å²) in [6.07, 6.45) is 4.76. The topological polar surface area (TPSA) is 50.9 Å². The second kappa shape index (κ2) is 5.90. The number of hydrazine groups is 1. The van der Waals surface area contributed by atoms with Gasteiger partial charge >= 0.3 is 0 Å². The molecule has 108 valence electrons. The van der Waals surface area contributed by atoms with E-state index in [-0.39, 0.29) is 11.5 Å². The molecule has 0 bridgehead atoms. The standard InChI is InChI=1S/C17H25N3/c1-12(17(2,3)4)10-16(20-18)15-7-5-6-13-11-19-9-8-14(13)15/h5-9,11-12,16,20H,10,18H2,1-4H3. The van der Waals surface area contributed by atoms with Gasteiger partial charge in [-0.3, -0.25) is 16.3 Å². The molecule has 2 atom stereocenters.